The van der Waals surface area contributed by atoms with Crippen LogP contribution in [0.3, 0.4) is 0 Å². The zero-order valence-corrected chi connectivity index (χ0v) is 21.6. The van der Waals surface area contributed by atoms with Crippen LogP contribution in [-0.4, -0.2) is 50.1 Å². The number of thiocarbonyl (C=S) groups is 1. The van der Waals surface area contributed by atoms with Crippen molar-refractivity contribution in [3.8, 4) is 5.75 Å². The number of nitrogens with zero attached hydrogens (tertiary/aromatic N) is 2. The van der Waals surface area contributed by atoms with Gasteiger partial charge in [0.15, 0.2) is 11.7 Å². The predicted molar refractivity (Wildman–Crippen MR) is 138 cm³/mol. The van der Waals surface area contributed by atoms with Crippen LogP contribution in [0.25, 0.3) is 0 Å². The summed E-state index contributed by atoms with van der Waals surface area (Å²) in [7, 11) is 0. The van der Waals surface area contributed by atoms with Gasteiger partial charge in [0.25, 0.3) is 11.5 Å². The van der Waals surface area contributed by atoms with Gasteiger partial charge in [-0.25, -0.2) is 0 Å². The topological polar surface area (TPSA) is 75.6 Å². The molecule has 3 atom stereocenters. The van der Waals surface area contributed by atoms with Crippen LogP contribution in [-0.2, 0) is 11.3 Å². The van der Waals surface area contributed by atoms with E-state index in [9.17, 15) is 9.59 Å². The van der Waals surface area contributed by atoms with Gasteiger partial charge < -0.3 is 24.8 Å². The maximum atomic E-state index is 12.5. The number of carbonyl (C=O) groups excluding carboxylic acids is 1. The van der Waals surface area contributed by atoms with Crippen molar-refractivity contribution >= 4 is 58.0 Å². The van der Waals surface area contributed by atoms with Crippen LogP contribution in [0.1, 0.15) is 23.6 Å². The number of ether oxygens (including phenoxy) is 1. The predicted octanol–water partition coefficient (Wildman–Crippen LogP) is 3.34. The molecule has 2 bridgehead atoms. The average molecular weight is 544 g/mol. The summed E-state index contributed by atoms with van der Waals surface area (Å²) < 4.78 is 5.59. The van der Waals surface area contributed by atoms with Crippen molar-refractivity contribution in [2.75, 3.05) is 19.7 Å². The number of fused-ring (bicyclic) bond motifs is 4. The maximum Gasteiger partial charge on any atom is 0.259 e. The van der Waals surface area contributed by atoms with Crippen molar-refractivity contribution in [1.29, 1.82) is 0 Å². The lowest BCUT2D eigenvalue weighted by atomic mass is 9.83. The lowest BCUT2D eigenvalue weighted by Crippen LogP contribution is -2.60. The van der Waals surface area contributed by atoms with Gasteiger partial charge in [0, 0.05) is 37.3 Å². The molecule has 0 spiro atoms. The van der Waals surface area contributed by atoms with Crippen molar-refractivity contribution in [2.24, 2.45) is 5.92 Å². The fourth-order valence-corrected chi connectivity index (χ4v) is 5.14. The summed E-state index contributed by atoms with van der Waals surface area (Å²) in [6, 6.07) is 12.7. The third kappa shape index (κ3) is 5.79. The van der Waals surface area contributed by atoms with Crippen molar-refractivity contribution in [1.82, 2.24) is 20.1 Å². The van der Waals surface area contributed by atoms with Gasteiger partial charge in [0.2, 0.25) is 3.79 Å². The summed E-state index contributed by atoms with van der Waals surface area (Å²) in [4.78, 5) is 26.8. The normalized spacial score (nSPS) is 20.2. The van der Waals surface area contributed by atoms with Gasteiger partial charge in [-0.2, -0.15) is 0 Å². The van der Waals surface area contributed by atoms with E-state index in [0.717, 1.165) is 17.7 Å². The molecule has 182 valence electrons. The summed E-state index contributed by atoms with van der Waals surface area (Å²) >= 11 is 24.1. The molecule has 7 nitrogen and oxygen atoms in total. The van der Waals surface area contributed by atoms with Crippen molar-refractivity contribution in [2.45, 2.75) is 35.8 Å². The Bertz CT molecular complexity index is 1140. The number of piperidine rings is 1. The molecule has 11 heteroatoms. The highest BCUT2D eigenvalue weighted by Crippen LogP contribution is 2.35. The Hall–Kier alpha value is -2.00. The SMILES string of the molecule is Cc1ccccc1OCC(=O)N[C@H](NC(=S)N1C[C@@H]2C[C@@H](C1)c1cccc(=O)n1C2)C(Cl)(Cl)Cl. The molecule has 4 rings (SSSR count). The lowest BCUT2D eigenvalue weighted by Gasteiger charge is -2.44. The van der Waals surface area contributed by atoms with E-state index >= 15 is 0 Å². The maximum absolute atomic E-state index is 12.5. The van der Waals surface area contributed by atoms with Crippen molar-refractivity contribution in [3.63, 3.8) is 0 Å². The molecule has 2 aliphatic heterocycles. The first-order valence-electron chi connectivity index (χ1n) is 10.9. The number of halogens is 3. The smallest absolute Gasteiger partial charge is 0.259 e. The minimum atomic E-state index is -1.85. The summed E-state index contributed by atoms with van der Waals surface area (Å²) in [5.74, 6) is 0.586. The van der Waals surface area contributed by atoms with E-state index in [0.29, 0.717) is 30.5 Å². The largest absolute Gasteiger partial charge is 0.484 e. The molecular formula is C23H25Cl3N4O3S. The number of hydrogen-bond donors (Lipinski definition) is 2. The monoisotopic (exact) mass is 542 g/mol. The van der Waals surface area contributed by atoms with E-state index in [-0.39, 0.29) is 24.0 Å². The Morgan fingerprint density at radius 2 is 1.91 bits per heavy atom. The van der Waals surface area contributed by atoms with Gasteiger partial charge in [-0.1, -0.05) is 59.1 Å². The highest BCUT2D eigenvalue weighted by molar-refractivity contribution is 7.80. The minimum Gasteiger partial charge on any atom is -0.484 e. The summed E-state index contributed by atoms with van der Waals surface area (Å²) in [5, 5.41) is 6.03. The third-order valence-electron chi connectivity index (χ3n) is 6.12. The van der Waals surface area contributed by atoms with E-state index in [1.165, 1.54) is 0 Å². The summed E-state index contributed by atoms with van der Waals surface area (Å²) in [5.41, 5.74) is 1.94. The Morgan fingerprint density at radius 1 is 1.15 bits per heavy atom. The molecule has 2 aliphatic rings. The molecule has 1 saturated heterocycles. The van der Waals surface area contributed by atoms with Gasteiger partial charge >= 0.3 is 0 Å². The molecule has 1 fully saturated rings. The zero-order valence-electron chi connectivity index (χ0n) is 18.5. The van der Waals surface area contributed by atoms with Crippen LogP contribution in [0.4, 0.5) is 0 Å². The van der Waals surface area contributed by atoms with Gasteiger partial charge in [-0.3, -0.25) is 9.59 Å². The summed E-state index contributed by atoms with van der Waals surface area (Å²) in [6.07, 6.45) is -0.0710. The lowest BCUT2D eigenvalue weighted by molar-refractivity contribution is -0.123. The quantitative estimate of drug-likeness (QED) is 0.342. The number of amides is 1. The molecule has 3 heterocycles. The van der Waals surface area contributed by atoms with Crippen LogP contribution >= 0.6 is 47.0 Å². The van der Waals surface area contributed by atoms with Gasteiger partial charge in [0.05, 0.1) is 0 Å². The Labute approximate surface area is 218 Å². The van der Waals surface area contributed by atoms with Crippen LogP contribution in [0.15, 0.2) is 47.3 Å². The first-order chi connectivity index (χ1) is 16.1. The number of carbonyl (C=O) groups is 1. The highest BCUT2D eigenvalue weighted by atomic mass is 35.6. The number of aromatic nitrogens is 1. The molecule has 1 amide bonds. The molecular weight excluding hydrogens is 519 g/mol. The van der Waals surface area contributed by atoms with Crippen molar-refractivity contribution in [3.05, 3.63) is 64.1 Å². The Morgan fingerprint density at radius 3 is 2.65 bits per heavy atom. The number of aryl methyl sites for hydroxylation is 1. The van der Waals surface area contributed by atoms with Gasteiger partial charge in [-0.15, -0.1) is 0 Å². The second-order valence-corrected chi connectivity index (χ2v) is 11.4. The number of likely N-dealkylation sites (tertiary alicyclic amines) is 1. The van der Waals surface area contributed by atoms with Gasteiger partial charge in [0.1, 0.15) is 11.9 Å². The van der Waals surface area contributed by atoms with E-state index in [2.05, 4.69) is 10.6 Å². The number of nitrogens with one attached hydrogen (secondary N) is 2. The zero-order chi connectivity index (χ0) is 24.5. The minimum absolute atomic E-state index is 0.0215. The molecule has 2 N–H and O–H groups in total. The number of benzene rings is 1. The first-order valence-corrected chi connectivity index (χ1v) is 12.5. The second-order valence-electron chi connectivity index (χ2n) is 8.65. The van der Waals surface area contributed by atoms with Crippen LogP contribution < -0.4 is 20.9 Å². The second kappa shape index (κ2) is 10.3. The molecule has 2 aromatic rings. The number of rotatable bonds is 5. The standard InChI is InChI=1S/C23H25Cl3N4O3S/c1-14-5-2-3-7-18(14)33-13-19(31)27-21(23(24,25)26)28-22(34)29-10-15-9-16(12-29)17-6-4-8-20(32)30(17)11-15/h2-8,15-16,21H,9-13H2,1H3,(H,27,31)(H,28,34)/t15-,16-,21+/m0/s1. The number of hydrogen-bond acceptors (Lipinski definition) is 4. The molecule has 1 aromatic carbocycles. The molecule has 0 aliphatic carbocycles. The fourth-order valence-electron chi connectivity index (χ4n) is 4.54. The third-order valence-corrected chi connectivity index (χ3v) is 7.15. The van der Waals surface area contributed by atoms with E-state index in [4.69, 9.17) is 51.8 Å². The van der Waals surface area contributed by atoms with E-state index in [1.807, 2.05) is 40.7 Å². The highest BCUT2D eigenvalue weighted by Gasteiger charge is 2.38. The van der Waals surface area contributed by atoms with Crippen LogP contribution in [0.5, 0.6) is 5.75 Å². The number of para-hydroxylation sites is 1. The molecule has 0 saturated carbocycles. The van der Waals surface area contributed by atoms with E-state index < -0.39 is 15.9 Å². The molecule has 34 heavy (non-hydrogen) atoms. The molecule has 0 unspecified atom stereocenters. The Kier molecular flexibility index (Phi) is 7.62. The Balaban J connectivity index is 1.39. The number of alkyl halides is 3. The van der Waals surface area contributed by atoms with Crippen molar-refractivity contribution < 1.29 is 9.53 Å². The summed E-state index contributed by atoms with van der Waals surface area (Å²) in [6.45, 7) is 3.59. The average Bonchev–Trinajstić information content (AvgIpc) is 2.78. The van der Waals surface area contributed by atoms with E-state index in [1.54, 1.807) is 18.2 Å². The first kappa shape index (κ1) is 25.1. The van der Waals surface area contributed by atoms with Crippen LogP contribution in [0, 0.1) is 12.8 Å². The number of pyridine rings is 1. The molecule has 1 aromatic heterocycles. The molecule has 0 radical (unpaired) electrons. The van der Waals surface area contributed by atoms with Gasteiger partial charge in [-0.05, 0) is 49.2 Å². The fraction of sp³-hybridized carbons (Fsp3) is 0.435. The van der Waals surface area contributed by atoms with Crippen LogP contribution in [0.2, 0.25) is 0 Å².